The Bertz CT molecular complexity index is 742. The highest BCUT2D eigenvalue weighted by atomic mass is 16.5. The SMILES string of the molecule is COc1ccc([C@@H]2CC3(N(C)C)CC(O)C2[C@H](c2ccc(OC)cc2)C3)cc1. The van der Waals surface area contributed by atoms with E-state index < -0.39 is 0 Å². The third kappa shape index (κ3) is 3.19. The van der Waals surface area contributed by atoms with E-state index in [-0.39, 0.29) is 17.6 Å². The molecule has 5 rings (SSSR count). The van der Waals surface area contributed by atoms with Crippen LogP contribution in [0.1, 0.15) is 42.2 Å². The van der Waals surface area contributed by atoms with Gasteiger partial charge in [0.1, 0.15) is 11.5 Å². The average Bonchev–Trinajstić information content (AvgIpc) is 2.73. The van der Waals surface area contributed by atoms with Crippen molar-refractivity contribution in [3.63, 3.8) is 0 Å². The van der Waals surface area contributed by atoms with Crippen LogP contribution >= 0.6 is 0 Å². The van der Waals surface area contributed by atoms with Gasteiger partial charge in [0.15, 0.2) is 0 Å². The number of fused-ring (bicyclic) bond motifs is 3. The molecule has 0 amide bonds. The lowest BCUT2D eigenvalue weighted by atomic mass is 9.52. The third-order valence-electron chi connectivity index (χ3n) is 7.20. The van der Waals surface area contributed by atoms with Gasteiger partial charge < -0.3 is 19.5 Å². The van der Waals surface area contributed by atoms with Gasteiger partial charge in [0.2, 0.25) is 0 Å². The van der Waals surface area contributed by atoms with Crippen molar-refractivity contribution in [2.24, 2.45) is 5.92 Å². The van der Waals surface area contributed by atoms with Crippen LogP contribution in [0.4, 0.5) is 0 Å². The van der Waals surface area contributed by atoms with E-state index in [0.717, 1.165) is 30.8 Å². The largest absolute Gasteiger partial charge is 0.497 e. The number of hydrogen-bond acceptors (Lipinski definition) is 4. The first-order valence-corrected chi connectivity index (χ1v) is 10.1. The van der Waals surface area contributed by atoms with Crippen LogP contribution in [-0.4, -0.2) is 50.0 Å². The van der Waals surface area contributed by atoms with Gasteiger partial charge in [-0.1, -0.05) is 24.3 Å². The predicted molar refractivity (Wildman–Crippen MR) is 111 cm³/mol. The molecular weight excluding hydrogens is 350 g/mol. The van der Waals surface area contributed by atoms with Crippen molar-refractivity contribution in [2.45, 2.75) is 42.7 Å². The van der Waals surface area contributed by atoms with Gasteiger partial charge in [-0.25, -0.2) is 0 Å². The molecule has 0 aliphatic heterocycles. The molecule has 2 bridgehead atoms. The molecule has 3 aliphatic rings. The molecule has 2 aromatic rings. The Morgan fingerprint density at radius 2 is 1.21 bits per heavy atom. The number of hydrogen-bond donors (Lipinski definition) is 1. The Kier molecular flexibility index (Phi) is 5.11. The Morgan fingerprint density at radius 3 is 1.57 bits per heavy atom. The molecule has 1 N–H and O–H groups in total. The summed E-state index contributed by atoms with van der Waals surface area (Å²) >= 11 is 0. The zero-order chi connectivity index (χ0) is 19.9. The first-order chi connectivity index (χ1) is 13.5. The van der Waals surface area contributed by atoms with E-state index in [1.54, 1.807) is 14.2 Å². The van der Waals surface area contributed by atoms with E-state index in [1.165, 1.54) is 11.1 Å². The maximum Gasteiger partial charge on any atom is 0.118 e. The lowest BCUT2D eigenvalue weighted by molar-refractivity contribution is -0.0909. The number of aliphatic hydroxyl groups is 1. The molecule has 0 spiro atoms. The molecule has 0 aromatic heterocycles. The second kappa shape index (κ2) is 7.41. The third-order valence-corrected chi connectivity index (χ3v) is 7.20. The minimum absolute atomic E-state index is 0.0172. The van der Waals surface area contributed by atoms with E-state index in [0.29, 0.717) is 11.8 Å². The fourth-order valence-electron chi connectivity index (χ4n) is 5.61. The Balaban J connectivity index is 1.74. The van der Waals surface area contributed by atoms with Crippen molar-refractivity contribution in [1.82, 2.24) is 4.90 Å². The molecule has 4 heteroatoms. The zero-order valence-corrected chi connectivity index (χ0v) is 17.3. The minimum atomic E-state index is -0.302. The number of ether oxygens (including phenoxy) is 2. The minimum Gasteiger partial charge on any atom is -0.497 e. The molecule has 1 unspecified atom stereocenters. The van der Waals surface area contributed by atoms with E-state index in [1.807, 2.05) is 24.3 Å². The number of aliphatic hydroxyl groups excluding tert-OH is 1. The quantitative estimate of drug-likeness (QED) is 0.849. The van der Waals surface area contributed by atoms with Crippen LogP contribution in [0, 0.1) is 5.92 Å². The highest BCUT2D eigenvalue weighted by Gasteiger charge is 2.56. The van der Waals surface area contributed by atoms with Gasteiger partial charge in [-0.15, -0.1) is 0 Å². The van der Waals surface area contributed by atoms with Crippen molar-refractivity contribution >= 4 is 0 Å². The van der Waals surface area contributed by atoms with E-state index >= 15 is 0 Å². The van der Waals surface area contributed by atoms with Crippen molar-refractivity contribution in [1.29, 1.82) is 0 Å². The van der Waals surface area contributed by atoms with Gasteiger partial charge in [0, 0.05) is 5.54 Å². The molecule has 0 radical (unpaired) electrons. The van der Waals surface area contributed by atoms with Gasteiger partial charge in [-0.05, 0) is 86.5 Å². The normalized spacial score (nSPS) is 31.8. The second-order valence-electron chi connectivity index (χ2n) is 8.64. The molecular formula is C24H31NO3. The molecule has 3 fully saturated rings. The first kappa shape index (κ1) is 19.3. The fourth-order valence-corrected chi connectivity index (χ4v) is 5.61. The topological polar surface area (TPSA) is 41.9 Å². The lowest BCUT2D eigenvalue weighted by Gasteiger charge is -2.59. The van der Waals surface area contributed by atoms with Crippen LogP contribution in [-0.2, 0) is 0 Å². The van der Waals surface area contributed by atoms with Crippen LogP contribution in [0.5, 0.6) is 11.5 Å². The summed E-state index contributed by atoms with van der Waals surface area (Å²) in [6.45, 7) is 0. The van der Waals surface area contributed by atoms with Crippen LogP contribution in [0.25, 0.3) is 0 Å². The van der Waals surface area contributed by atoms with Crippen molar-refractivity contribution in [3.8, 4) is 11.5 Å². The number of benzene rings is 2. The van der Waals surface area contributed by atoms with Gasteiger partial charge in [-0.3, -0.25) is 0 Å². The van der Waals surface area contributed by atoms with E-state index in [9.17, 15) is 5.11 Å². The molecule has 4 nitrogen and oxygen atoms in total. The van der Waals surface area contributed by atoms with E-state index in [2.05, 4.69) is 43.3 Å². The zero-order valence-electron chi connectivity index (χ0n) is 17.3. The molecule has 3 saturated carbocycles. The first-order valence-electron chi connectivity index (χ1n) is 10.1. The van der Waals surface area contributed by atoms with Gasteiger partial charge in [0.05, 0.1) is 20.3 Å². The highest BCUT2D eigenvalue weighted by Crippen LogP contribution is 2.59. The van der Waals surface area contributed by atoms with Gasteiger partial charge in [0.25, 0.3) is 0 Å². The van der Waals surface area contributed by atoms with Crippen LogP contribution < -0.4 is 9.47 Å². The average molecular weight is 382 g/mol. The summed E-state index contributed by atoms with van der Waals surface area (Å²) in [6.07, 6.45) is 2.72. The molecule has 28 heavy (non-hydrogen) atoms. The summed E-state index contributed by atoms with van der Waals surface area (Å²) in [6, 6.07) is 16.8. The standard InChI is InChI=1S/C24H31NO3/c1-25(2)24-13-20(16-5-9-18(27-3)10-6-16)23(22(26)15-24)21(14-24)17-7-11-19(28-4)12-8-17/h5-12,20-23,26H,13-15H2,1-4H3/t20-,21-,22?,23?,24?/m0/s1. The summed E-state index contributed by atoms with van der Waals surface area (Å²) in [5.74, 6) is 2.64. The molecule has 0 saturated heterocycles. The molecule has 3 aliphatic carbocycles. The van der Waals surface area contributed by atoms with Crippen molar-refractivity contribution in [3.05, 3.63) is 59.7 Å². The van der Waals surface area contributed by atoms with Crippen LogP contribution in [0.2, 0.25) is 0 Å². The monoisotopic (exact) mass is 381 g/mol. The Hall–Kier alpha value is -2.04. The number of rotatable bonds is 5. The summed E-state index contributed by atoms with van der Waals surface area (Å²) in [7, 11) is 7.72. The lowest BCUT2D eigenvalue weighted by Crippen LogP contribution is -2.60. The Labute approximate surface area is 168 Å². The predicted octanol–water partition coefficient (Wildman–Crippen LogP) is 4.05. The van der Waals surface area contributed by atoms with E-state index in [4.69, 9.17) is 9.47 Å². The summed E-state index contributed by atoms with van der Waals surface area (Å²) in [5, 5.41) is 11.2. The number of nitrogens with zero attached hydrogens (tertiary/aromatic N) is 1. The summed E-state index contributed by atoms with van der Waals surface area (Å²) in [4.78, 5) is 2.35. The second-order valence-corrected chi connectivity index (χ2v) is 8.64. The molecule has 150 valence electrons. The van der Waals surface area contributed by atoms with Crippen molar-refractivity contribution in [2.75, 3.05) is 28.3 Å². The molecule has 0 heterocycles. The van der Waals surface area contributed by atoms with Crippen LogP contribution in [0.15, 0.2) is 48.5 Å². The van der Waals surface area contributed by atoms with Crippen LogP contribution in [0.3, 0.4) is 0 Å². The maximum atomic E-state index is 11.2. The van der Waals surface area contributed by atoms with Gasteiger partial charge in [-0.2, -0.15) is 0 Å². The molecule has 2 aromatic carbocycles. The fraction of sp³-hybridized carbons (Fsp3) is 0.500. The number of methoxy groups -OCH3 is 2. The highest BCUT2D eigenvalue weighted by molar-refractivity contribution is 5.37. The maximum absolute atomic E-state index is 11.2. The van der Waals surface area contributed by atoms with Crippen molar-refractivity contribution < 1.29 is 14.6 Å². The Morgan fingerprint density at radius 1 is 0.786 bits per heavy atom. The van der Waals surface area contributed by atoms with Gasteiger partial charge >= 0.3 is 0 Å². The smallest absolute Gasteiger partial charge is 0.118 e. The summed E-state index contributed by atoms with van der Waals surface area (Å²) < 4.78 is 10.7. The summed E-state index contributed by atoms with van der Waals surface area (Å²) in [5.41, 5.74) is 2.62. The molecule has 3 atom stereocenters.